The van der Waals surface area contributed by atoms with Gasteiger partial charge in [0.15, 0.2) is 0 Å². The number of halogens is 1. The lowest BCUT2D eigenvalue weighted by Gasteiger charge is -2.35. The monoisotopic (exact) mass is 383 g/mol. The van der Waals surface area contributed by atoms with E-state index in [1.807, 2.05) is 37.3 Å². The van der Waals surface area contributed by atoms with Crippen molar-refractivity contribution in [2.24, 2.45) is 0 Å². The first-order chi connectivity index (χ1) is 13.1. The lowest BCUT2D eigenvalue weighted by molar-refractivity contribution is 0.246. The highest BCUT2D eigenvalue weighted by Gasteiger charge is 2.21. The fourth-order valence-electron chi connectivity index (χ4n) is 3.42. The van der Waals surface area contributed by atoms with E-state index in [2.05, 4.69) is 19.8 Å². The van der Waals surface area contributed by atoms with Gasteiger partial charge in [-0.05, 0) is 37.3 Å². The molecule has 27 heavy (non-hydrogen) atoms. The Morgan fingerprint density at radius 1 is 1.07 bits per heavy atom. The highest BCUT2D eigenvalue weighted by Crippen LogP contribution is 2.28. The van der Waals surface area contributed by atoms with Crippen molar-refractivity contribution in [3.05, 3.63) is 53.1 Å². The molecule has 0 spiro atoms. The van der Waals surface area contributed by atoms with Gasteiger partial charge in [-0.15, -0.1) is 0 Å². The minimum absolute atomic E-state index is 0.671. The molecule has 0 saturated carbocycles. The first-order valence-corrected chi connectivity index (χ1v) is 9.40. The van der Waals surface area contributed by atoms with Gasteiger partial charge in [0.1, 0.15) is 17.4 Å². The third-order valence-electron chi connectivity index (χ3n) is 4.84. The molecule has 6 nitrogen and oxygen atoms in total. The van der Waals surface area contributed by atoms with Crippen LogP contribution in [0.1, 0.15) is 11.5 Å². The number of nitrogens with zero attached hydrogens (tertiary/aromatic N) is 5. The second-order valence-corrected chi connectivity index (χ2v) is 7.14. The van der Waals surface area contributed by atoms with Gasteiger partial charge >= 0.3 is 0 Å². The Hall–Kier alpha value is -2.44. The number of aromatic nitrogens is 3. The number of aryl methyl sites for hydroxylation is 1. The Labute approximate surface area is 163 Å². The van der Waals surface area contributed by atoms with Gasteiger partial charge in [-0.2, -0.15) is 0 Å². The quantitative estimate of drug-likeness (QED) is 0.689. The van der Waals surface area contributed by atoms with Gasteiger partial charge in [0.05, 0.1) is 23.3 Å². The molecule has 1 aliphatic heterocycles. The predicted octanol–water partition coefficient (Wildman–Crippen LogP) is 3.32. The number of benzene rings is 1. The third kappa shape index (κ3) is 3.96. The van der Waals surface area contributed by atoms with Gasteiger partial charge in [0.2, 0.25) is 0 Å². The van der Waals surface area contributed by atoms with E-state index >= 15 is 0 Å². The van der Waals surface area contributed by atoms with Gasteiger partial charge in [-0.25, -0.2) is 9.97 Å². The first kappa shape index (κ1) is 17.9. The van der Waals surface area contributed by atoms with Crippen LogP contribution in [-0.4, -0.2) is 53.1 Å². The van der Waals surface area contributed by atoms with Crippen molar-refractivity contribution >= 4 is 28.3 Å². The lowest BCUT2D eigenvalue weighted by Crippen LogP contribution is -2.46. The van der Waals surface area contributed by atoms with Crippen molar-refractivity contribution in [2.45, 2.75) is 13.5 Å². The number of fused-ring (bicyclic) bond motifs is 1. The Bertz CT molecular complexity index is 939. The summed E-state index contributed by atoms with van der Waals surface area (Å²) in [5.41, 5.74) is 1.99. The van der Waals surface area contributed by atoms with E-state index in [0.717, 1.165) is 66.7 Å². The lowest BCUT2D eigenvalue weighted by atomic mass is 10.2. The molecule has 0 bridgehead atoms. The van der Waals surface area contributed by atoms with Gasteiger partial charge in [0, 0.05) is 44.3 Å². The van der Waals surface area contributed by atoms with E-state index in [-0.39, 0.29) is 0 Å². The zero-order valence-corrected chi connectivity index (χ0v) is 16.3. The SMILES string of the molecule is COc1ccc2nc(C)nc(N3CCN(Cc4ccc(Cl)cn4)CC3)c2c1. The molecule has 0 amide bonds. The maximum atomic E-state index is 5.92. The van der Waals surface area contributed by atoms with Crippen LogP contribution in [0, 0.1) is 6.92 Å². The Balaban J connectivity index is 1.51. The Kier molecular flexibility index (Phi) is 5.09. The molecule has 1 fully saturated rings. The minimum Gasteiger partial charge on any atom is -0.497 e. The van der Waals surface area contributed by atoms with Gasteiger partial charge in [0.25, 0.3) is 0 Å². The van der Waals surface area contributed by atoms with Crippen LogP contribution in [0.2, 0.25) is 5.02 Å². The molecule has 0 aliphatic carbocycles. The molecule has 7 heteroatoms. The number of hydrogen-bond acceptors (Lipinski definition) is 6. The van der Waals surface area contributed by atoms with Crippen LogP contribution in [0.5, 0.6) is 5.75 Å². The summed E-state index contributed by atoms with van der Waals surface area (Å²) in [4.78, 5) is 18.4. The number of methoxy groups -OCH3 is 1. The molecule has 0 N–H and O–H groups in total. The number of piperazine rings is 1. The zero-order valence-electron chi connectivity index (χ0n) is 15.5. The molecule has 4 rings (SSSR count). The summed E-state index contributed by atoms with van der Waals surface area (Å²) in [7, 11) is 1.68. The topological polar surface area (TPSA) is 54.4 Å². The molecule has 0 unspecified atom stereocenters. The molecule has 3 aromatic rings. The van der Waals surface area contributed by atoms with Crippen molar-refractivity contribution in [3.63, 3.8) is 0 Å². The Morgan fingerprint density at radius 3 is 2.59 bits per heavy atom. The summed E-state index contributed by atoms with van der Waals surface area (Å²) >= 11 is 5.92. The van der Waals surface area contributed by atoms with Gasteiger partial charge < -0.3 is 9.64 Å². The number of hydrogen-bond donors (Lipinski definition) is 0. The van der Waals surface area contributed by atoms with Crippen LogP contribution in [0.25, 0.3) is 10.9 Å². The molecular formula is C20H22ClN5O. The Morgan fingerprint density at radius 2 is 1.89 bits per heavy atom. The average molecular weight is 384 g/mol. The van der Waals surface area contributed by atoms with Crippen LogP contribution in [0.4, 0.5) is 5.82 Å². The normalized spacial score (nSPS) is 15.3. The van der Waals surface area contributed by atoms with E-state index in [0.29, 0.717) is 5.02 Å². The van der Waals surface area contributed by atoms with E-state index < -0.39 is 0 Å². The summed E-state index contributed by atoms with van der Waals surface area (Å²) in [5.74, 6) is 2.60. The minimum atomic E-state index is 0.671. The average Bonchev–Trinajstić information content (AvgIpc) is 2.69. The standard InChI is InChI=1S/C20H22ClN5O/c1-14-23-19-6-5-17(27-2)11-18(19)20(24-14)26-9-7-25(8-10-26)13-16-4-3-15(21)12-22-16/h3-6,11-12H,7-10,13H2,1-2H3. The van der Waals surface area contributed by atoms with E-state index in [1.165, 1.54) is 0 Å². The number of rotatable bonds is 4. The van der Waals surface area contributed by atoms with Crippen molar-refractivity contribution in [2.75, 3.05) is 38.2 Å². The highest BCUT2D eigenvalue weighted by atomic mass is 35.5. The van der Waals surface area contributed by atoms with Gasteiger partial charge in [-0.1, -0.05) is 11.6 Å². The molecule has 1 aromatic carbocycles. The second-order valence-electron chi connectivity index (χ2n) is 6.71. The molecule has 1 saturated heterocycles. The zero-order chi connectivity index (χ0) is 18.8. The van der Waals surface area contributed by atoms with Crippen LogP contribution >= 0.6 is 11.6 Å². The summed E-state index contributed by atoms with van der Waals surface area (Å²) in [5, 5.41) is 1.71. The molecular weight excluding hydrogens is 362 g/mol. The number of pyridine rings is 1. The third-order valence-corrected chi connectivity index (χ3v) is 5.06. The second kappa shape index (κ2) is 7.66. The summed E-state index contributed by atoms with van der Waals surface area (Å²) in [6.45, 7) is 6.52. The molecule has 140 valence electrons. The number of anilines is 1. The fraction of sp³-hybridized carbons (Fsp3) is 0.350. The molecule has 1 aliphatic rings. The van der Waals surface area contributed by atoms with Crippen molar-refractivity contribution < 1.29 is 4.74 Å². The smallest absolute Gasteiger partial charge is 0.140 e. The van der Waals surface area contributed by atoms with Crippen LogP contribution in [0.15, 0.2) is 36.5 Å². The molecule has 2 aromatic heterocycles. The van der Waals surface area contributed by atoms with E-state index in [1.54, 1.807) is 13.3 Å². The van der Waals surface area contributed by atoms with E-state index in [9.17, 15) is 0 Å². The maximum absolute atomic E-state index is 5.92. The first-order valence-electron chi connectivity index (χ1n) is 9.02. The van der Waals surface area contributed by atoms with Crippen molar-refractivity contribution in [1.29, 1.82) is 0 Å². The number of ether oxygens (including phenoxy) is 1. The van der Waals surface area contributed by atoms with E-state index in [4.69, 9.17) is 21.3 Å². The molecule has 0 atom stereocenters. The van der Waals surface area contributed by atoms with Gasteiger partial charge in [-0.3, -0.25) is 9.88 Å². The van der Waals surface area contributed by atoms with Crippen LogP contribution in [0.3, 0.4) is 0 Å². The maximum Gasteiger partial charge on any atom is 0.140 e. The fourth-order valence-corrected chi connectivity index (χ4v) is 3.53. The van der Waals surface area contributed by atoms with Crippen LogP contribution in [-0.2, 0) is 6.54 Å². The summed E-state index contributed by atoms with van der Waals surface area (Å²) in [6, 6.07) is 9.84. The van der Waals surface area contributed by atoms with Crippen molar-refractivity contribution in [3.8, 4) is 5.75 Å². The summed E-state index contributed by atoms with van der Waals surface area (Å²) in [6.07, 6.45) is 1.70. The van der Waals surface area contributed by atoms with Crippen LogP contribution < -0.4 is 9.64 Å². The van der Waals surface area contributed by atoms with Crippen molar-refractivity contribution in [1.82, 2.24) is 19.9 Å². The predicted molar refractivity (Wildman–Crippen MR) is 108 cm³/mol. The molecule has 0 radical (unpaired) electrons. The highest BCUT2D eigenvalue weighted by molar-refractivity contribution is 6.30. The largest absolute Gasteiger partial charge is 0.497 e. The molecule has 3 heterocycles. The summed E-state index contributed by atoms with van der Waals surface area (Å²) < 4.78 is 5.39.